The minimum atomic E-state index is -3.86. The third-order valence-corrected chi connectivity index (χ3v) is 6.00. The number of alkyl halides is 1. The molecule has 3 nitrogen and oxygen atoms in total. The van der Waals surface area contributed by atoms with Gasteiger partial charge >= 0.3 is 0 Å². The van der Waals surface area contributed by atoms with Crippen molar-refractivity contribution in [3.63, 3.8) is 0 Å². The first-order chi connectivity index (χ1) is 9.83. The number of rotatable bonds is 4. The lowest BCUT2D eigenvalue weighted by Gasteiger charge is -2.11. The molecule has 0 fully saturated rings. The van der Waals surface area contributed by atoms with Crippen LogP contribution in [-0.2, 0) is 15.4 Å². The van der Waals surface area contributed by atoms with E-state index in [4.69, 9.17) is 23.2 Å². The van der Waals surface area contributed by atoms with E-state index < -0.39 is 10.0 Å². The molecule has 0 radical (unpaired) electrons. The Hall–Kier alpha value is -0.270. The van der Waals surface area contributed by atoms with Crippen molar-refractivity contribution in [3.8, 4) is 0 Å². The van der Waals surface area contributed by atoms with E-state index in [1.165, 1.54) is 12.1 Å². The van der Waals surface area contributed by atoms with Crippen molar-refractivity contribution in [2.75, 3.05) is 4.72 Å². The summed E-state index contributed by atoms with van der Waals surface area (Å²) in [5.74, 6) is 0. The van der Waals surface area contributed by atoms with E-state index in [0.29, 0.717) is 15.5 Å². The van der Waals surface area contributed by atoms with Gasteiger partial charge in [-0.25, -0.2) is 8.42 Å². The Balaban J connectivity index is 2.38. The van der Waals surface area contributed by atoms with Crippen molar-refractivity contribution in [1.82, 2.24) is 0 Å². The molecule has 2 rings (SSSR count). The molecule has 1 N–H and O–H groups in total. The van der Waals surface area contributed by atoms with E-state index in [-0.39, 0.29) is 14.9 Å². The molecule has 2 aromatic carbocycles. The highest BCUT2D eigenvalue weighted by molar-refractivity contribution is 9.10. The van der Waals surface area contributed by atoms with Crippen molar-refractivity contribution >= 4 is 70.8 Å². The van der Waals surface area contributed by atoms with Gasteiger partial charge in [-0.1, -0.05) is 67.2 Å². The molecule has 0 spiro atoms. The Bertz CT molecular complexity index is 741. The van der Waals surface area contributed by atoms with Crippen molar-refractivity contribution in [1.29, 1.82) is 0 Å². The van der Waals surface area contributed by atoms with Crippen LogP contribution in [0.5, 0.6) is 0 Å². The van der Waals surface area contributed by atoms with Gasteiger partial charge in [0, 0.05) is 15.5 Å². The number of anilines is 1. The molecule has 0 amide bonds. The van der Waals surface area contributed by atoms with Crippen LogP contribution in [0, 0.1) is 0 Å². The maximum Gasteiger partial charge on any atom is 0.264 e. The predicted octanol–water partition coefficient (Wildman–Crippen LogP) is 5.45. The van der Waals surface area contributed by atoms with Crippen LogP contribution in [0.1, 0.15) is 5.56 Å². The maximum atomic E-state index is 12.4. The molecule has 0 saturated carbocycles. The lowest BCUT2D eigenvalue weighted by atomic mass is 10.2. The normalized spacial score (nSPS) is 11.4. The lowest BCUT2D eigenvalue weighted by Crippen LogP contribution is -2.14. The molecular weight excluding hydrogens is 465 g/mol. The topological polar surface area (TPSA) is 46.2 Å². The average molecular weight is 474 g/mol. The van der Waals surface area contributed by atoms with Crippen LogP contribution in [-0.4, -0.2) is 8.42 Å². The summed E-state index contributed by atoms with van der Waals surface area (Å²) in [4.78, 5) is -0.140. The van der Waals surface area contributed by atoms with E-state index in [1.807, 2.05) is 12.1 Å². The summed E-state index contributed by atoms with van der Waals surface area (Å²) in [7, 11) is -3.86. The second-order valence-electron chi connectivity index (χ2n) is 4.13. The number of benzene rings is 2. The minimum absolute atomic E-state index is 0.0546. The van der Waals surface area contributed by atoms with E-state index in [1.54, 1.807) is 12.1 Å². The fourth-order valence-electron chi connectivity index (χ4n) is 1.65. The summed E-state index contributed by atoms with van der Waals surface area (Å²) in [6.45, 7) is 0. The second-order valence-corrected chi connectivity index (χ2v) is 8.04. The largest absolute Gasteiger partial charge is 0.280 e. The van der Waals surface area contributed by atoms with Gasteiger partial charge in [-0.2, -0.15) is 0 Å². The highest BCUT2D eigenvalue weighted by Gasteiger charge is 2.22. The van der Waals surface area contributed by atoms with Crippen molar-refractivity contribution in [2.24, 2.45) is 0 Å². The first kappa shape index (κ1) is 17.1. The number of hydrogen-bond acceptors (Lipinski definition) is 2. The molecule has 0 saturated heterocycles. The molecule has 0 heterocycles. The molecular formula is C13H9Br2Cl2NO2S. The first-order valence-electron chi connectivity index (χ1n) is 5.66. The van der Waals surface area contributed by atoms with Crippen molar-refractivity contribution in [3.05, 3.63) is 56.5 Å². The second kappa shape index (κ2) is 6.87. The predicted molar refractivity (Wildman–Crippen MR) is 94.0 cm³/mol. The fourth-order valence-corrected chi connectivity index (χ4v) is 5.03. The third kappa shape index (κ3) is 4.13. The molecule has 112 valence electrons. The molecule has 0 bridgehead atoms. The molecule has 0 aromatic heterocycles. The fraction of sp³-hybridized carbons (Fsp3) is 0.0769. The van der Waals surface area contributed by atoms with Gasteiger partial charge in [-0.15, -0.1) is 0 Å². The van der Waals surface area contributed by atoms with E-state index in [2.05, 4.69) is 36.6 Å². The van der Waals surface area contributed by atoms with Crippen molar-refractivity contribution in [2.45, 2.75) is 10.2 Å². The molecule has 0 atom stereocenters. The van der Waals surface area contributed by atoms with Gasteiger partial charge < -0.3 is 0 Å². The molecule has 0 unspecified atom stereocenters. The number of halogens is 4. The number of sulfonamides is 1. The monoisotopic (exact) mass is 471 g/mol. The highest BCUT2D eigenvalue weighted by Crippen LogP contribution is 2.33. The first-order valence-corrected chi connectivity index (χ1v) is 9.81. The number of nitrogens with one attached hydrogen (secondary N) is 1. The molecule has 2 aromatic rings. The van der Waals surface area contributed by atoms with Gasteiger partial charge in [-0.3, -0.25) is 4.72 Å². The van der Waals surface area contributed by atoms with Crippen LogP contribution in [0.25, 0.3) is 0 Å². The van der Waals surface area contributed by atoms with Gasteiger partial charge in [0.15, 0.2) is 0 Å². The van der Waals surface area contributed by atoms with Gasteiger partial charge in [0.2, 0.25) is 0 Å². The van der Waals surface area contributed by atoms with Crippen LogP contribution in [0.2, 0.25) is 10.0 Å². The zero-order valence-electron chi connectivity index (χ0n) is 10.4. The van der Waals surface area contributed by atoms with Crippen LogP contribution in [0.4, 0.5) is 5.69 Å². The molecule has 8 heteroatoms. The van der Waals surface area contributed by atoms with E-state index >= 15 is 0 Å². The van der Waals surface area contributed by atoms with Gasteiger partial charge in [0.05, 0.1) is 10.0 Å². The van der Waals surface area contributed by atoms with E-state index in [0.717, 1.165) is 5.56 Å². The Kier molecular flexibility index (Phi) is 5.59. The smallest absolute Gasteiger partial charge is 0.264 e. The summed E-state index contributed by atoms with van der Waals surface area (Å²) in [6, 6.07) is 9.95. The van der Waals surface area contributed by atoms with Crippen LogP contribution < -0.4 is 4.72 Å². The van der Waals surface area contributed by atoms with Crippen LogP contribution in [0.15, 0.2) is 45.8 Å². The van der Waals surface area contributed by atoms with Gasteiger partial charge in [0.1, 0.15) is 4.90 Å². The summed E-state index contributed by atoms with van der Waals surface area (Å²) in [5, 5.41) is 0.808. The Morgan fingerprint density at radius 2 is 1.57 bits per heavy atom. The maximum absolute atomic E-state index is 12.4. The summed E-state index contributed by atoms with van der Waals surface area (Å²) in [6.07, 6.45) is 0. The average Bonchev–Trinajstić information content (AvgIpc) is 2.37. The zero-order valence-corrected chi connectivity index (χ0v) is 15.9. The van der Waals surface area contributed by atoms with Crippen LogP contribution in [0.3, 0.4) is 0 Å². The quantitative estimate of drug-likeness (QED) is 0.600. The van der Waals surface area contributed by atoms with Crippen LogP contribution >= 0.6 is 55.1 Å². The standard InChI is InChI=1S/C13H9Br2Cl2NO2S/c14-7-8-1-3-10(4-2-8)18-21(19,20)13-11(16)5-9(15)6-12(13)17/h1-6,18H,7H2. The SMILES string of the molecule is O=S(=O)(Nc1ccc(CBr)cc1)c1c(Cl)cc(Br)cc1Cl. The minimum Gasteiger partial charge on any atom is -0.280 e. The Morgan fingerprint density at radius 3 is 2.05 bits per heavy atom. The zero-order chi connectivity index (χ0) is 15.6. The third-order valence-electron chi connectivity index (χ3n) is 2.59. The summed E-state index contributed by atoms with van der Waals surface area (Å²) in [5.41, 5.74) is 1.48. The molecule has 0 aliphatic carbocycles. The van der Waals surface area contributed by atoms with Crippen molar-refractivity contribution < 1.29 is 8.42 Å². The molecule has 0 aliphatic rings. The van der Waals surface area contributed by atoms with Gasteiger partial charge in [-0.05, 0) is 29.8 Å². The highest BCUT2D eigenvalue weighted by atomic mass is 79.9. The lowest BCUT2D eigenvalue weighted by molar-refractivity contribution is 0.601. The summed E-state index contributed by atoms with van der Waals surface area (Å²) < 4.78 is 27.9. The Labute approximate surface area is 150 Å². The number of hydrogen-bond donors (Lipinski definition) is 1. The molecule has 0 aliphatic heterocycles. The van der Waals surface area contributed by atoms with Gasteiger partial charge in [0.25, 0.3) is 10.0 Å². The Morgan fingerprint density at radius 1 is 1.05 bits per heavy atom. The summed E-state index contributed by atoms with van der Waals surface area (Å²) >= 11 is 18.5. The van der Waals surface area contributed by atoms with E-state index in [9.17, 15) is 8.42 Å². The molecule has 21 heavy (non-hydrogen) atoms.